The summed E-state index contributed by atoms with van der Waals surface area (Å²) in [5, 5.41) is 10.4. The van der Waals surface area contributed by atoms with E-state index in [-0.39, 0.29) is 6.10 Å². The Balaban J connectivity index is 1.23. The molecule has 2 aliphatic heterocycles. The van der Waals surface area contributed by atoms with E-state index >= 15 is 0 Å². The molecule has 0 aromatic heterocycles. The molecule has 2 heterocycles. The number of rotatable bonds is 5. The van der Waals surface area contributed by atoms with E-state index in [2.05, 4.69) is 9.80 Å². The van der Waals surface area contributed by atoms with Crippen molar-refractivity contribution in [3.63, 3.8) is 0 Å². The maximum absolute atomic E-state index is 10.4. The van der Waals surface area contributed by atoms with E-state index in [0.717, 1.165) is 49.8 Å². The Labute approximate surface area is 154 Å². The summed E-state index contributed by atoms with van der Waals surface area (Å²) in [4.78, 5) is 4.76. The van der Waals surface area contributed by atoms with Crippen molar-refractivity contribution in [3.8, 4) is 11.5 Å². The number of benzene rings is 2. The zero-order valence-electron chi connectivity index (χ0n) is 15.0. The number of aliphatic hydroxyl groups excluding tert-OH is 1. The fourth-order valence-electron chi connectivity index (χ4n) is 3.62. The van der Waals surface area contributed by atoms with Crippen LogP contribution in [0.5, 0.6) is 11.5 Å². The second kappa shape index (κ2) is 8.08. The minimum absolute atomic E-state index is 0.0753. The fraction of sp³-hybridized carbons (Fsp3) is 0.429. The van der Waals surface area contributed by atoms with Gasteiger partial charge in [-0.25, -0.2) is 0 Å². The number of β-amino-alcohol motifs (C(OH)–C–C–N with tert-alkyl or cyclic N) is 1. The van der Waals surface area contributed by atoms with Crippen molar-refractivity contribution in [2.45, 2.75) is 12.2 Å². The molecule has 2 aliphatic rings. The van der Waals surface area contributed by atoms with Gasteiger partial charge in [0.15, 0.2) is 11.5 Å². The Morgan fingerprint density at radius 3 is 2.31 bits per heavy atom. The van der Waals surface area contributed by atoms with Gasteiger partial charge in [-0.05, 0) is 17.7 Å². The summed E-state index contributed by atoms with van der Waals surface area (Å²) in [6.07, 6.45) is -0.347. The van der Waals surface area contributed by atoms with Crippen LogP contribution in [0.2, 0.25) is 0 Å². The van der Waals surface area contributed by atoms with Crippen LogP contribution in [-0.2, 0) is 0 Å². The normalized spacial score (nSPS) is 22.1. The van der Waals surface area contributed by atoms with Gasteiger partial charge in [0, 0.05) is 39.3 Å². The van der Waals surface area contributed by atoms with Gasteiger partial charge < -0.3 is 14.6 Å². The molecule has 2 unspecified atom stereocenters. The van der Waals surface area contributed by atoms with Crippen LogP contribution in [0, 0.1) is 0 Å². The highest BCUT2D eigenvalue weighted by atomic mass is 16.6. The van der Waals surface area contributed by atoms with Crippen LogP contribution in [0.25, 0.3) is 0 Å². The van der Waals surface area contributed by atoms with Gasteiger partial charge in [0.1, 0.15) is 12.7 Å². The molecule has 4 rings (SSSR count). The van der Waals surface area contributed by atoms with Crippen LogP contribution in [0.1, 0.15) is 11.7 Å². The molecule has 0 aliphatic carbocycles. The van der Waals surface area contributed by atoms with Crippen molar-refractivity contribution in [1.82, 2.24) is 9.80 Å². The van der Waals surface area contributed by atoms with Crippen molar-refractivity contribution in [3.05, 3.63) is 60.2 Å². The van der Waals surface area contributed by atoms with Gasteiger partial charge in [-0.2, -0.15) is 0 Å². The molecule has 26 heavy (non-hydrogen) atoms. The van der Waals surface area contributed by atoms with E-state index < -0.39 is 6.10 Å². The van der Waals surface area contributed by atoms with Crippen molar-refractivity contribution < 1.29 is 14.6 Å². The van der Waals surface area contributed by atoms with E-state index in [4.69, 9.17) is 9.47 Å². The Morgan fingerprint density at radius 1 is 0.885 bits per heavy atom. The number of hydrogen-bond acceptors (Lipinski definition) is 5. The Bertz CT molecular complexity index is 701. The summed E-state index contributed by atoms with van der Waals surface area (Å²) in [6, 6.07) is 17.7. The molecule has 5 heteroatoms. The Hall–Kier alpha value is -2.08. The second-order valence-corrected chi connectivity index (χ2v) is 7.03. The number of nitrogens with zero attached hydrogens (tertiary/aromatic N) is 2. The molecular weight excluding hydrogens is 328 g/mol. The van der Waals surface area contributed by atoms with Gasteiger partial charge in [0.25, 0.3) is 0 Å². The van der Waals surface area contributed by atoms with Crippen molar-refractivity contribution in [2.24, 2.45) is 0 Å². The zero-order chi connectivity index (χ0) is 17.8. The number of para-hydroxylation sites is 2. The first-order valence-corrected chi connectivity index (χ1v) is 9.34. The molecule has 2 atom stereocenters. The molecule has 0 bridgehead atoms. The third kappa shape index (κ3) is 4.18. The molecule has 1 fully saturated rings. The first-order chi connectivity index (χ1) is 12.8. The third-order valence-electron chi connectivity index (χ3n) is 5.11. The highest BCUT2D eigenvalue weighted by molar-refractivity contribution is 5.40. The van der Waals surface area contributed by atoms with E-state index in [1.807, 2.05) is 54.6 Å². The molecule has 2 aromatic rings. The molecule has 138 valence electrons. The number of piperazine rings is 1. The standard InChI is InChI=1S/C21H26N2O3/c24-19(17-6-2-1-3-7-17)15-23-12-10-22(11-13-23)14-18-16-25-20-8-4-5-9-21(20)26-18/h1-9,18-19,24H,10-16H2. The largest absolute Gasteiger partial charge is 0.486 e. The number of hydrogen-bond donors (Lipinski definition) is 1. The zero-order valence-corrected chi connectivity index (χ0v) is 15.0. The topological polar surface area (TPSA) is 45.2 Å². The lowest BCUT2D eigenvalue weighted by molar-refractivity contribution is 0.0297. The van der Waals surface area contributed by atoms with Crippen molar-refractivity contribution >= 4 is 0 Å². The molecular formula is C21H26N2O3. The number of fused-ring (bicyclic) bond motifs is 1. The molecule has 0 radical (unpaired) electrons. The minimum atomic E-state index is -0.422. The van der Waals surface area contributed by atoms with Gasteiger partial charge in [-0.3, -0.25) is 9.80 Å². The first kappa shape index (κ1) is 17.3. The monoisotopic (exact) mass is 354 g/mol. The van der Waals surface area contributed by atoms with Crippen LogP contribution >= 0.6 is 0 Å². The number of aliphatic hydroxyl groups is 1. The molecule has 2 aromatic carbocycles. The van der Waals surface area contributed by atoms with Gasteiger partial charge in [-0.15, -0.1) is 0 Å². The molecule has 1 N–H and O–H groups in total. The summed E-state index contributed by atoms with van der Waals surface area (Å²) in [5.41, 5.74) is 0.987. The lowest BCUT2D eigenvalue weighted by Gasteiger charge is -2.38. The Morgan fingerprint density at radius 2 is 1.54 bits per heavy atom. The van der Waals surface area contributed by atoms with Crippen LogP contribution in [0.15, 0.2) is 54.6 Å². The van der Waals surface area contributed by atoms with Crippen LogP contribution in [-0.4, -0.2) is 66.9 Å². The van der Waals surface area contributed by atoms with Crippen molar-refractivity contribution in [2.75, 3.05) is 45.9 Å². The van der Waals surface area contributed by atoms with Crippen LogP contribution in [0.3, 0.4) is 0 Å². The second-order valence-electron chi connectivity index (χ2n) is 7.03. The van der Waals surface area contributed by atoms with E-state index in [1.54, 1.807) is 0 Å². The molecule has 0 saturated carbocycles. The predicted molar refractivity (Wildman–Crippen MR) is 101 cm³/mol. The lowest BCUT2D eigenvalue weighted by Crippen LogP contribution is -2.51. The molecule has 0 spiro atoms. The average Bonchev–Trinajstić information content (AvgIpc) is 2.70. The maximum atomic E-state index is 10.4. The highest BCUT2D eigenvalue weighted by Gasteiger charge is 2.26. The summed E-state index contributed by atoms with van der Waals surface area (Å²) < 4.78 is 11.9. The number of ether oxygens (including phenoxy) is 2. The van der Waals surface area contributed by atoms with Crippen molar-refractivity contribution in [1.29, 1.82) is 0 Å². The first-order valence-electron chi connectivity index (χ1n) is 9.34. The smallest absolute Gasteiger partial charge is 0.161 e. The minimum Gasteiger partial charge on any atom is -0.486 e. The van der Waals surface area contributed by atoms with Crippen LogP contribution in [0.4, 0.5) is 0 Å². The van der Waals surface area contributed by atoms with E-state index in [1.165, 1.54) is 0 Å². The van der Waals surface area contributed by atoms with E-state index in [9.17, 15) is 5.11 Å². The maximum Gasteiger partial charge on any atom is 0.161 e. The van der Waals surface area contributed by atoms with Gasteiger partial charge in [0.2, 0.25) is 0 Å². The average molecular weight is 354 g/mol. The molecule has 1 saturated heterocycles. The summed E-state index contributed by atoms with van der Waals surface area (Å²) >= 11 is 0. The molecule has 5 nitrogen and oxygen atoms in total. The highest BCUT2D eigenvalue weighted by Crippen LogP contribution is 2.31. The summed E-state index contributed by atoms with van der Waals surface area (Å²) in [5.74, 6) is 1.68. The van der Waals surface area contributed by atoms with E-state index in [0.29, 0.717) is 13.2 Å². The van der Waals surface area contributed by atoms with Crippen LogP contribution < -0.4 is 9.47 Å². The third-order valence-corrected chi connectivity index (χ3v) is 5.11. The summed E-state index contributed by atoms with van der Waals surface area (Å²) in [7, 11) is 0. The van der Waals surface area contributed by atoms with Gasteiger partial charge in [0.05, 0.1) is 6.10 Å². The lowest BCUT2D eigenvalue weighted by atomic mass is 10.1. The van der Waals surface area contributed by atoms with Gasteiger partial charge in [-0.1, -0.05) is 42.5 Å². The Kier molecular flexibility index (Phi) is 5.39. The fourth-order valence-corrected chi connectivity index (χ4v) is 3.62. The molecule has 0 amide bonds. The predicted octanol–water partition coefficient (Wildman–Crippen LogP) is 2.18. The van der Waals surface area contributed by atoms with Gasteiger partial charge >= 0.3 is 0 Å². The SMILES string of the molecule is OC(CN1CCN(CC2COc3ccccc3O2)CC1)c1ccccc1. The summed E-state index contributed by atoms with van der Waals surface area (Å²) in [6.45, 7) is 6.08. The quantitative estimate of drug-likeness (QED) is 0.892.